The summed E-state index contributed by atoms with van der Waals surface area (Å²) < 4.78 is 4.84. The third kappa shape index (κ3) is 2.43. The molecule has 0 aliphatic carbocycles. The minimum absolute atomic E-state index is 0.0499. The highest BCUT2D eigenvalue weighted by atomic mass is 16.5. The van der Waals surface area contributed by atoms with Gasteiger partial charge < -0.3 is 4.74 Å². The monoisotopic (exact) mass is 330 g/mol. The Labute approximate surface area is 136 Å². The fraction of sp³-hybridized carbons (Fsp3) is 0.333. The number of benzene rings is 1. The lowest BCUT2D eigenvalue weighted by Crippen LogP contribution is -2.36. The number of likely N-dealkylation sites (tertiary alicyclic amines) is 1. The number of hydrogen-bond acceptors (Lipinski definition) is 7. The van der Waals surface area contributed by atoms with E-state index < -0.39 is 29.7 Å². The molecule has 0 N–H and O–H groups in total. The average Bonchev–Trinajstić information content (AvgIpc) is 3.09. The highest BCUT2D eigenvalue weighted by molar-refractivity contribution is 6.43. The van der Waals surface area contributed by atoms with Crippen LogP contribution in [0.1, 0.15) is 12.5 Å². The SMILES string of the molecule is CCOC(=O)C1=NN(N=O)[C@@H]2C(=O)N(Cc3ccccc3)C(=O)[C@@H]12. The van der Waals surface area contributed by atoms with Crippen molar-refractivity contribution in [2.75, 3.05) is 6.61 Å². The van der Waals surface area contributed by atoms with Crippen LogP contribution >= 0.6 is 0 Å². The van der Waals surface area contributed by atoms with E-state index in [1.807, 2.05) is 6.07 Å². The summed E-state index contributed by atoms with van der Waals surface area (Å²) in [6, 6.07) is 7.70. The summed E-state index contributed by atoms with van der Waals surface area (Å²) in [4.78, 5) is 49.1. The van der Waals surface area contributed by atoms with E-state index in [0.29, 0.717) is 5.12 Å². The van der Waals surface area contributed by atoms with E-state index in [4.69, 9.17) is 4.74 Å². The zero-order chi connectivity index (χ0) is 17.3. The zero-order valence-electron chi connectivity index (χ0n) is 12.8. The van der Waals surface area contributed by atoms with Crippen molar-refractivity contribution in [3.8, 4) is 0 Å². The first kappa shape index (κ1) is 15.8. The van der Waals surface area contributed by atoms with Crippen molar-refractivity contribution >= 4 is 23.5 Å². The van der Waals surface area contributed by atoms with Gasteiger partial charge in [-0.15, -0.1) is 15.1 Å². The molecule has 1 fully saturated rings. The van der Waals surface area contributed by atoms with Gasteiger partial charge in [0.1, 0.15) is 5.92 Å². The van der Waals surface area contributed by atoms with Crippen molar-refractivity contribution in [3.05, 3.63) is 40.8 Å². The maximum Gasteiger partial charge on any atom is 0.355 e. The van der Waals surface area contributed by atoms with Crippen LogP contribution in [-0.2, 0) is 25.7 Å². The van der Waals surface area contributed by atoms with Crippen LogP contribution in [0.4, 0.5) is 0 Å². The molecule has 0 unspecified atom stereocenters. The Morgan fingerprint density at radius 3 is 2.58 bits per heavy atom. The summed E-state index contributed by atoms with van der Waals surface area (Å²) in [6.45, 7) is 1.73. The second-order valence-corrected chi connectivity index (χ2v) is 5.28. The number of hydrazone groups is 1. The Morgan fingerprint density at radius 2 is 1.96 bits per heavy atom. The molecule has 1 aromatic rings. The van der Waals surface area contributed by atoms with Gasteiger partial charge in [0.25, 0.3) is 5.91 Å². The molecule has 0 aromatic heterocycles. The lowest BCUT2D eigenvalue weighted by Gasteiger charge is -2.16. The highest BCUT2D eigenvalue weighted by Gasteiger charge is 2.59. The Bertz CT molecular complexity index is 733. The molecule has 3 rings (SSSR count). The highest BCUT2D eigenvalue weighted by Crippen LogP contribution is 2.33. The number of carbonyl (C=O) groups excluding carboxylic acids is 3. The molecule has 1 aromatic carbocycles. The standard InChI is InChI=1S/C15H14N4O5/c1-2-24-15(22)11-10-12(19(16-11)17-23)14(21)18(13(10)20)8-9-6-4-3-5-7-9/h3-7,10,12H,2,8H2,1H3/t10-,12-/m0/s1. The van der Waals surface area contributed by atoms with E-state index in [0.717, 1.165) is 10.5 Å². The van der Waals surface area contributed by atoms with Gasteiger partial charge in [0.15, 0.2) is 11.8 Å². The third-order valence-electron chi connectivity index (χ3n) is 3.87. The van der Waals surface area contributed by atoms with Crippen LogP contribution in [0.3, 0.4) is 0 Å². The molecule has 0 radical (unpaired) electrons. The molecule has 124 valence electrons. The van der Waals surface area contributed by atoms with E-state index in [2.05, 4.69) is 10.4 Å². The molecule has 0 saturated carbocycles. The molecule has 9 heteroatoms. The van der Waals surface area contributed by atoms with Gasteiger partial charge in [-0.3, -0.25) is 14.5 Å². The van der Waals surface area contributed by atoms with Crippen molar-refractivity contribution in [1.82, 2.24) is 10.0 Å². The van der Waals surface area contributed by atoms with Crippen LogP contribution < -0.4 is 0 Å². The van der Waals surface area contributed by atoms with Crippen LogP contribution in [0.15, 0.2) is 40.7 Å². The normalized spacial score (nSPS) is 22.5. The van der Waals surface area contributed by atoms with Gasteiger partial charge in [0, 0.05) is 0 Å². The van der Waals surface area contributed by atoms with Crippen molar-refractivity contribution in [3.63, 3.8) is 0 Å². The number of carbonyl (C=O) groups is 3. The quantitative estimate of drug-likeness (QED) is 0.441. The number of ether oxygens (including phenoxy) is 1. The van der Waals surface area contributed by atoms with Gasteiger partial charge in [-0.1, -0.05) is 30.3 Å². The summed E-state index contributed by atoms with van der Waals surface area (Å²) in [7, 11) is 0. The smallest absolute Gasteiger partial charge is 0.355 e. The van der Waals surface area contributed by atoms with Gasteiger partial charge >= 0.3 is 5.97 Å². The minimum atomic E-state index is -1.22. The topological polar surface area (TPSA) is 109 Å². The Balaban J connectivity index is 1.90. The number of nitrogens with zero attached hydrogens (tertiary/aromatic N) is 4. The first-order valence-corrected chi connectivity index (χ1v) is 7.35. The fourth-order valence-electron chi connectivity index (χ4n) is 2.81. The van der Waals surface area contributed by atoms with Gasteiger partial charge in [-0.05, 0) is 12.5 Å². The zero-order valence-corrected chi connectivity index (χ0v) is 12.8. The van der Waals surface area contributed by atoms with E-state index in [-0.39, 0.29) is 18.9 Å². The van der Waals surface area contributed by atoms with Crippen molar-refractivity contribution in [2.24, 2.45) is 16.3 Å². The first-order valence-electron chi connectivity index (χ1n) is 7.35. The molecule has 24 heavy (non-hydrogen) atoms. The summed E-state index contributed by atoms with van der Waals surface area (Å²) in [6.07, 6.45) is 0. The third-order valence-corrected chi connectivity index (χ3v) is 3.87. The molecule has 2 amide bonds. The largest absolute Gasteiger partial charge is 0.461 e. The van der Waals surface area contributed by atoms with Crippen molar-refractivity contribution in [2.45, 2.75) is 19.5 Å². The predicted molar refractivity (Wildman–Crippen MR) is 81.0 cm³/mol. The predicted octanol–water partition coefficient (Wildman–Crippen LogP) is 0.456. The lowest BCUT2D eigenvalue weighted by atomic mass is 9.98. The fourth-order valence-corrected chi connectivity index (χ4v) is 2.81. The van der Waals surface area contributed by atoms with Gasteiger partial charge in [0.2, 0.25) is 5.91 Å². The minimum Gasteiger partial charge on any atom is -0.461 e. The molecule has 2 atom stereocenters. The molecule has 2 heterocycles. The Morgan fingerprint density at radius 1 is 1.25 bits per heavy atom. The molecule has 0 bridgehead atoms. The van der Waals surface area contributed by atoms with Crippen LogP contribution in [0.25, 0.3) is 0 Å². The number of fused-ring (bicyclic) bond motifs is 1. The van der Waals surface area contributed by atoms with Crippen LogP contribution in [0, 0.1) is 10.8 Å². The second-order valence-electron chi connectivity index (χ2n) is 5.28. The van der Waals surface area contributed by atoms with E-state index >= 15 is 0 Å². The van der Waals surface area contributed by atoms with Crippen molar-refractivity contribution in [1.29, 1.82) is 0 Å². The number of amides is 2. The molecule has 9 nitrogen and oxygen atoms in total. The van der Waals surface area contributed by atoms with Crippen LogP contribution in [-0.4, -0.2) is 46.2 Å². The van der Waals surface area contributed by atoms with Crippen LogP contribution in [0.2, 0.25) is 0 Å². The van der Waals surface area contributed by atoms with E-state index in [9.17, 15) is 19.3 Å². The first-order chi connectivity index (χ1) is 11.6. The lowest BCUT2D eigenvalue weighted by molar-refractivity contribution is -0.142. The summed E-state index contributed by atoms with van der Waals surface area (Å²) >= 11 is 0. The molecular formula is C15H14N4O5. The maximum absolute atomic E-state index is 12.6. The van der Waals surface area contributed by atoms with Gasteiger partial charge in [-0.25, -0.2) is 4.79 Å². The van der Waals surface area contributed by atoms with E-state index in [1.54, 1.807) is 31.2 Å². The summed E-state index contributed by atoms with van der Waals surface area (Å²) in [5.41, 5.74) is 0.481. The average molecular weight is 330 g/mol. The number of imide groups is 1. The maximum atomic E-state index is 12.6. The summed E-state index contributed by atoms with van der Waals surface area (Å²) in [5.74, 6) is -3.21. The molecule has 1 saturated heterocycles. The number of esters is 1. The molecule has 2 aliphatic rings. The number of rotatable bonds is 5. The molecular weight excluding hydrogens is 316 g/mol. The molecule has 2 aliphatic heterocycles. The second kappa shape index (κ2) is 6.19. The van der Waals surface area contributed by atoms with Crippen LogP contribution in [0.5, 0.6) is 0 Å². The van der Waals surface area contributed by atoms with Crippen molar-refractivity contribution < 1.29 is 19.1 Å². The van der Waals surface area contributed by atoms with E-state index in [1.165, 1.54) is 0 Å². The number of hydrogen-bond donors (Lipinski definition) is 0. The Hall–Kier alpha value is -3.10. The van der Waals surface area contributed by atoms with Gasteiger partial charge in [-0.2, -0.15) is 0 Å². The molecule has 0 spiro atoms. The summed E-state index contributed by atoms with van der Waals surface area (Å²) in [5, 5.41) is 6.89. The Kier molecular flexibility index (Phi) is 4.07. The number of nitroso groups, excluding NO2 is 1. The van der Waals surface area contributed by atoms with Gasteiger partial charge in [0.05, 0.1) is 18.4 Å².